The third-order valence-corrected chi connectivity index (χ3v) is 7.66. The number of nitrogens with zero attached hydrogens (tertiary/aromatic N) is 1. The summed E-state index contributed by atoms with van der Waals surface area (Å²) in [6, 6.07) is 17.4. The maximum Gasteiger partial charge on any atom is 0.573 e. The molecule has 0 amide bonds. The van der Waals surface area contributed by atoms with E-state index < -0.39 is 42.0 Å². The van der Waals surface area contributed by atoms with Crippen LogP contribution in [0, 0.1) is 5.92 Å². The van der Waals surface area contributed by atoms with Crippen molar-refractivity contribution in [1.82, 2.24) is 4.90 Å². The van der Waals surface area contributed by atoms with Gasteiger partial charge in [-0.2, -0.15) is 0 Å². The van der Waals surface area contributed by atoms with E-state index in [4.69, 9.17) is 14.2 Å². The molecule has 1 saturated heterocycles. The molecule has 1 N–H and O–H groups in total. The van der Waals surface area contributed by atoms with Gasteiger partial charge in [0.15, 0.2) is 6.29 Å². The summed E-state index contributed by atoms with van der Waals surface area (Å²) in [5, 5.41) is 12.2. The average Bonchev–Trinajstić information content (AvgIpc) is 3.00. The fraction of sp³-hybridized carbons (Fsp3) is 0.455. The number of benzene rings is 3. The van der Waals surface area contributed by atoms with Gasteiger partial charge in [0.1, 0.15) is 29.5 Å². The van der Waals surface area contributed by atoms with Crippen LogP contribution in [0.25, 0.3) is 0 Å². The van der Waals surface area contributed by atoms with E-state index in [1.54, 1.807) is 0 Å². The van der Waals surface area contributed by atoms with Gasteiger partial charge in [-0.3, -0.25) is 4.90 Å². The van der Waals surface area contributed by atoms with E-state index in [0.717, 1.165) is 29.8 Å². The number of piperidine rings is 1. The second-order valence-electron chi connectivity index (χ2n) is 10.8. The number of halogens is 6. The first-order chi connectivity index (χ1) is 21.8. The first-order valence-corrected chi connectivity index (χ1v) is 14.9. The van der Waals surface area contributed by atoms with E-state index in [0.29, 0.717) is 51.4 Å². The van der Waals surface area contributed by atoms with Crippen LogP contribution in [-0.2, 0) is 21.6 Å². The largest absolute Gasteiger partial charge is 0.573 e. The molecule has 0 bridgehead atoms. The van der Waals surface area contributed by atoms with Gasteiger partial charge >= 0.3 is 12.7 Å². The van der Waals surface area contributed by atoms with E-state index in [1.165, 1.54) is 24.3 Å². The maximum atomic E-state index is 12.7. The Balaban J connectivity index is 1.45. The second-order valence-corrected chi connectivity index (χ2v) is 10.8. The van der Waals surface area contributed by atoms with Crippen LogP contribution in [0.15, 0.2) is 72.8 Å². The molecule has 1 heterocycles. The van der Waals surface area contributed by atoms with Crippen LogP contribution in [0.5, 0.6) is 17.2 Å². The van der Waals surface area contributed by atoms with E-state index >= 15 is 0 Å². The highest BCUT2D eigenvalue weighted by Crippen LogP contribution is 2.43. The summed E-state index contributed by atoms with van der Waals surface area (Å²) in [5.41, 5.74) is -0.0833. The number of likely N-dealkylation sites (tertiary alicyclic amines) is 1. The zero-order valence-electron chi connectivity index (χ0n) is 25.4. The first-order valence-electron chi connectivity index (χ1n) is 14.9. The molecule has 0 atom stereocenters. The molecule has 1 aliphatic rings. The van der Waals surface area contributed by atoms with Gasteiger partial charge in [0.05, 0.1) is 0 Å². The minimum atomic E-state index is -4.89. The van der Waals surface area contributed by atoms with E-state index in [2.05, 4.69) is 14.4 Å². The van der Waals surface area contributed by atoms with Gasteiger partial charge in [0.25, 0.3) is 0 Å². The van der Waals surface area contributed by atoms with Crippen molar-refractivity contribution in [3.63, 3.8) is 0 Å². The predicted molar refractivity (Wildman–Crippen MR) is 156 cm³/mol. The third-order valence-electron chi connectivity index (χ3n) is 7.66. The average molecular weight is 658 g/mol. The number of aliphatic hydroxyl groups is 1. The smallest absolute Gasteiger partial charge is 0.488 e. The number of alkyl halides is 6. The highest BCUT2D eigenvalue weighted by atomic mass is 19.4. The molecule has 46 heavy (non-hydrogen) atoms. The van der Waals surface area contributed by atoms with E-state index in [1.807, 2.05) is 38.1 Å². The van der Waals surface area contributed by atoms with Crippen molar-refractivity contribution in [2.45, 2.75) is 57.8 Å². The lowest BCUT2D eigenvalue weighted by molar-refractivity contribution is -0.275. The lowest BCUT2D eigenvalue weighted by Crippen LogP contribution is -2.44. The highest BCUT2D eigenvalue weighted by molar-refractivity contribution is 5.42. The van der Waals surface area contributed by atoms with Crippen LogP contribution < -0.4 is 14.2 Å². The molecule has 3 aromatic carbocycles. The minimum Gasteiger partial charge on any atom is -0.488 e. The standard InChI is InChI=1S/C33H37F6NO6/c1-3-42-30(43-4-2)22-44-27-11-5-23(6-12-27)21-40-19-17-26(18-20-40)31(41,24-7-13-28(14-8-24)45-32(34,35)36)25-9-15-29(16-10-25)46-33(37,38)39/h5-16,26,30,41H,3-4,17-22H2,1-2H3. The second kappa shape index (κ2) is 15.4. The zero-order chi connectivity index (χ0) is 33.4. The number of hydrogen-bond donors (Lipinski definition) is 1. The van der Waals surface area contributed by atoms with Crippen LogP contribution in [0.2, 0.25) is 0 Å². The van der Waals surface area contributed by atoms with Gasteiger partial charge in [-0.05, 0) is 98.8 Å². The topological polar surface area (TPSA) is 69.6 Å². The van der Waals surface area contributed by atoms with Crippen molar-refractivity contribution < 1.29 is 55.1 Å². The molecule has 0 aliphatic carbocycles. The molecule has 1 aliphatic heterocycles. The quantitative estimate of drug-likeness (QED) is 0.143. The summed E-state index contributed by atoms with van der Waals surface area (Å²) in [6.07, 6.45) is -9.21. The van der Waals surface area contributed by atoms with Crippen molar-refractivity contribution in [3.05, 3.63) is 89.5 Å². The lowest BCUT2D eigenvalue weighted by Gasteiger charge is -2.42. The molecule has 0 saturated carbocycles. The maximum absolute atomic E-state index is 12.7. The van der Waals surface area contributed by atoms with Gasteiger partial charge in [0.2, 0.25) is 0 Å². The molecule has 0 spiro atoms. The number of hydrogen-bond acceptors (Lipinski definition) is 7. The Morgan fingerprint density at radius 2 is 1.13 bits per heavy atom. The molecule has 4 rings (SSSR count). The predicted octanol–water partition coefficient (Wildman–Crippen LogP) is 7.41. The molecular formula is C33H37F6NO6. The minimum absolute atomic E-state index is 0.258. The van der Waals surface area contributed by atoms with E-state index in [9.17, 15) is 31.4 Å². The summed E-state index contributed by atoms with van der Waals surface area (Å²) in [6.45, 7) is 6.87. The van der Waals surface area contributed by atoms with Gasteiger partial charge in [0, 0.05) is 19.8 Å². The molecule has 252 valence electrons. The molecular weight excluding hydrogens is 620 g/mol. The van der Waals surface area contributed by atoms with E-state index in [-0.39, 0.29) is 17.7 Å². The Kier molecular flexibility index (Phi) is 11.8. The lowest BCUT2D eigenvalue weighted by atomic mass is 9.72. The Hall–Kier alpha value is -3.52. The van der Waals surface area contributed by atoms with Crippen molar-refractivity contribution in [1.29, 1.82) is 0 Å². The normalized spacial score (nSPS) is 15.3. The molecule has 0 radical (unpaired) electrons. The van der Waals surface area contributed by atoms with Gasteiger partial charge < -0.3 is 28.8 Å². The Labute approximate surface area is 263 Å². The summed E-state index contributed by atoms with van der Waals surface area (Å²) in [5.74, 6) is -0.633. The third kappa shape index (κ3) is 9.99. The monoisotopic (exact) mass is 657 g/mol. The molecule has 1 fully saturated rings. The Morgan fingerprint density at radius 3 is 1.54 bits per heavy atom. The van der Waals surface area contributed by atoms with Crippen molar-refractivity contribution in [2.24, 2.45) is 5.92 Å². The Morgan fingerprint density at radius 1 is 0.696 bits per heavy atom. The van der Waals surface area contributed by atoms with Crippen LogP contribution in [0.4, 0.5) is 26.3 Å². The summed E-state index contributed by atoms with van der Waals surface area (Å²) >= 11 is 0. The van der Waals surface area contributed by atoms with Gasteiger partial charge in [-0.1, -0.05) is 36.4 Å². The highest BCUT2D eigenvalue weighted by Gasteiger charge is 2.42. The van der Waals surface area contributed by atoms with Gasteiger partial charge in [-0.15, -0.1) is 26.3 Å². The number of rotatable bonds is 14. The van der Waals surface area contributed by atoms with Crippen molar-refractivity contribution in [3.8, 4) is 17.2 Å². The van der Waals surface area contributed by atoms with Crippen molar-refractivity contribution in [2.75, 3.05) is 32.9 Å². The zero-order valence-corrected chi connectivity index (χ0v) is 25.4. The summed E-state index contributed by atoms with van der Waals surface area (Å²) < 4.78 is 101. The van der Waals surface area contributed by atoms with Crippen LogP contribution in [0.3, 0.4) is 0 Å². The Bertz CT molecular complexity index is 1280. The molecule has 7 nitrogen and oxygen atoms in total. The first kappa shape index (κ1) is 35.3. The summed E-state index contributed by atoms with van der Waals surface area (Å²) in [4.78, 5) is 2.22. The molecule has 13 heteroatoms. The molecule has 0 aromatic heterocycles. The van der Waals surface area contributed by atoms with Crippen LogP contribution in [0.1, 0.15) is 43.4 Å². The van der Waals surface area contributed by atoms with Crippen molar-refractivity contribution >= 4 is 0 Å². The van der Waals surface area contributed by atoms with Gasteiger partial charge in [-0.25, -0.2) is 0 Å². The molecule has 0 unspecified atom stereocenters. The van der Waals surface area contributed by atoms with Crippen LogP contribution in [-0.4, -0.2) is 61.9 Å². The van der Waals surface area contributed by atoms with Crippen LogP contribution >= 0.6 is 0 Å². The fourth-order valence-electron chi connectivity index (χ4n) is 5.60. The number of ether oxygens (including phenoxy) is 5. The SMILES string of the molecule is CCOC(COc1ccc(CN2CCC(C(O)(c3ccc(OC(F)(F)F)cc3)c3ccc(OC(F)(F)F)cc3)CC2)cc1)OCC. The fourth-order valence-corrected chi connectivity index (χ4v) is 5.60. The summed E-state index contributed by atoms with van der Waals surface area (Å²) in [7, 11) is 0. The molecule has 3 aromatic rings.